The number of aromatic nitrogens is 1. The highest BCUT2D eigenvalue weighted by Gasteiger charge is 2.04. The second kappa shape index (κ2) is 7.41. The van der Waals surface area contributed by atoms with E-state index in [1.165, 1.54) is 11.1 Å². The number of aryl methyl sites for hydroxylation is 2. The Morgan fingerprint density at radius 1 is 1.08 bits per heavy atom. The molecule has 0 aliphatic rings. The number of benzene rings is 2. The number of hydrogen-bond acceptors (Lipinski definition) is 4. The van der Waals surface area contributed by atoms with Crippen molar-refractivity contribution in [1.82, 2.24) is 4.98 Å². The Balaban J connectivity index is 1.70. The molecule has 122 valence electrons. The summed E-state index contributed by atoms with van der Waals surface area (Å²) < 4.78 is 0. The first-order valence-electron chi connectivity index (χ1n) is 8.08. The van der Waals surface area contributed by atoms with Gasteiger partial charge in [-0.1, -0.05) is 61.0 Å². The van der Waals surface area contributed by atoms with Crippen LogP contribution in [0.2, 0.25) is 0 Å². The third-order valence-corrected chi connectivity index (χ3v) is 4.70. The van der Waals surface area contributed by atoms with Crippen LogP contribution in [0.4, 0.5) is 5.13 Å². The van der Waals surface area contributed by atoms with Gasteiger partial charge in [0, 0.05) is 10.9 Å². The SMILES string of the molecule is CCc1ccc(/C(C)=N/Nc2nc(-c3ccc(C)cc3)cs2)cc1. The summed E-state index contributed by atoms with van der Waals surface area (Å²) in [6, 6.07) is 16.9. The van der Waals surface area contributed by atoms with Gasteiger partial charge in [0.05, 0.1) is 11.4 Å². The largest absolute Gasteiger partial charge is 0.252 e. The Kier molecular flexibility index (Phi) is 5.06. The van der Waals surface area contributed by atoms with Gasteiger partial charge in [-0.25, -0.2) is 4.98 Å². The molecule has 1 heterocycles. The number of anilines is 1. The second-order valence-electron chi connectivity index (χ2n) is 5.76. The predicted octanol–water partition coefficient (Wildman–Crippen LogP) is 5.52. The van der Waals surface area contributed by atoms with Gasteiger partial charge in [-0.2, -0.15) is 5.10 Å². The molecule has 0 spiro atoms. The van der Waals surface area contributed by atoms with Crippen molar-refractivity contribution in [1.29, 1.82) is 0 Å². The number of hydrogen-bond donors (Lipinski definition) is 1. The maximum absolute atomic E-state index is 4.60. The zero-order valence-corrected chi connectivity index (χ0v) is 15.0. The molecule has 1 aromatic heterocycles. The Hall–Kier alpha value is -2.46. The molecule has 4 heteroatoms. The Morgan fingerprint density at radius 2 is 1.79 bits per heavy atom. The molecule has 0 aliphatic carbocycles. The van der Waals surface area contributed by atoms with Gasteiger partial charge in [0.1, 0.15) is 0 Å². The van der Waals surface area contributed by atoms with Gasteiger partial charge in [-0.3, -0.25) is 5.43 Å². The lowest BCUT2D eigenvalue weighted by molar-refractivity contribution is 1.14. The minimum Gasteiger partial charge on any atom is -0.252 e. The highest BCUT2D eigenvalue weighted by molar-refractivity contribution is 7.14. The molecule has 3 rings (SSSR count). The molecule has 0 saturated carbocycles. The fourth-order valence-corrected chi connectivity index (χ4v) is 3.02. The van der Waals surface area contributed by atoms with Crippen molar-refractivity contribution in [3.63, 3.8) is 0 Å². The quantitative estimate of drug-likeness (QED) is 0.492. The van der Waals surface area contributed by atoms with Crippen LogP contribution < -0.4 is 5.43 Å². The van der Waals surface area contributed by atoms with Crippen LogP contribution >= 0.6 is 11.3 Å². The second-order valence-corrected chi connectivity index (χ2v) is 6.62. The van der Waals surface area contributed by atoms with Gasteiger partial charge in [0.15, 0.2) is 0 Å². The van der Waals surface area contributed by atoms with E-state index in [2.05, 4.69) is 77.9 Å². The number of hydrazone groups is 1. The monoisotopic (exact) mass is 335 g/mol. The molecule has 0 unspecified atom stereocenters. The van der Waals surface area contributed by atoms with Crippen molar-refractivity contribution in [2.75, 3.05) is 5.43 Å². The average molecular weight is 335 g/mol. The third-order valence-electron chi connectivity index (χ3n) is 3.95. The minimum absolute atomic E-state index is 0.801. The van der Waals surface area contributed by atoms with E-state index in [-0.39, 0.29) is 0 Å². The lowest BCUT2D eigenvalue weighted by Crippen LogP contribution is -1.99. The zero-order valence-electron chi connectivity index (χ0n) is 14.2. The van der Waals surface area contributed by atoms with E-state index in [4.69, 9.17) is 0 Å². The third kappa shape index (κ3) is 3.89. The Morgan fingerprint density at radius 3 is 2.46 bits per heavy atom. The van der Waals surface area contributed by atoms with Gasteiger partial charge in [-0.05, 0) is 31.4 Å². The molecule has 0 amide bonds. The van der Waals surface area contributed by atoms with Crippen LogP contribution in [-0.4, -0.2) is 10.7 Å². The number of nitrogens with one attached hydrogen (secondary N) is 1. The molecule has 3 aromatic rings. The summed E-state index contributed by atoms with van der Waals surface area (Å²) in [5.74, 6) is 0. The van der Waals surface area contributed by atoms with Gasteiger partial charge in [0.25, 0.3) is 0 Å². The summed E-state index contributed by atoms with van der Waals surface area (Å²) in [5, 5.41) is 7.31. The Bertz CT molecular complexity index is 830. The summed E-state index contributed by atoms with van der Waals surface area (Å²) in [6.45, 7) is 6.25. The smallest absolute Gasteiger partial charge is 0.203 e. The summed E-state index contributed by atoms with van der Waals surface area (Å²) in [7, 11) is 0. The van der Waals surface area contributed by atoms with E-state index in [9.17, 15) is 0 Å². The summed E-state index contributed by atoms with van der Waals surface area (Å²) >= 11 is 1.56. The van der Waals surface area contributed by atoms with E-state index in [0.717, 1.165) is 34.1 Å². The standard InChI is InChI=1S/C20H21N3S/c1-4-16-7-11-17(12-8-16)15(3)22-23-20-21-19(13-24-20)18-9-5-14(2)6-10-18/h5-13H,4H2,1-3H3,(H,21,23)/b22-15+. The van der Waals surface area contributed by atoms with E-state index in [1.54, 1.807) is 11.3 Å². The van der Waals surface area contributed by atoms with Crippen LogP contribution in [0.15, 0.2) is 59.0 Å². The van der Waals surface area contributed by atoms with E-state index in [1.807, 2.05) is 12.3 Å². The van der Waals surface area contributed by atoms with Gasteiger partial charge in [-0.15, -0.1) is 11.3 Å². The van der Waals surface area contributed by atoms with Crippen molar-refractivity contribution in [3.05, 3.63) is 70.6 Å². The molecular weight excluding hydrogens is 314 g/mol. The van der Waals surface area contributed by atoms with Crippen LogP contribution in [-0.2, 0) is 6.42 Å². The number of rotatable bonds is 5. The normalized spacial score (nSPS) is 11.5. The molecule has 0 aliphatic heterocycles. The van der Waals surface area contributed by atoms with Crippen molar-refractivity contribution in [2.24, 2.45) is 5.10 Å². The zero-order chi connectivity index (χ0) is 16.9. The van der Waals surface area contributed by atoms with Gasteiger partial charge < -0.3 is 0 Å². The number of thiazole rings is 1. The average Bonchev–Trinajstić information content (AvgIpc) is 3.09. The van der Waals surface area contributed by atoms with E-state index < -0.39 is 0 Å². The van der Waals surface area contributed by atoms with Crippen LogP contribution in [0.1, 0.15) is 30.5 Å². The van der Waals surface area contributed by atoms with Crippen molar-refractivity contribution >= 4 is 22.2 Å². The number of nitrogens with zero attached hydrogens (tertiary/aromatic N) is 2. The summed E-state index contributed by atoms with van der Waals surface area (Å²) in [4.78, 5) is 4.60. The predicted molar refractivity (Wildman–Crippen MR) is 104 cm³/mol. The lowest BCUT2D eigenvalue weighted by atomic mass is 10.1. The van der Waals surface area contributed by atoms with E-state index >= 15 is 0 Å². The first kappa shape index (κ1) is 16.4. The molecule has 3 nitrogen and oxygen atoms in total. The van der Waals surface area contributed by atoms with E-state index in [0.29, 0.717) is 0 Å². The van der Waals surface area contributed by atoms with Crippen LogP contribution in [0.3, 0.4) is 0 Å². The molecule has 0 saturated heterocycles. The molecule has 0 atom stereocenters. The summed E-state index contributed by atoms with van der Waals surface area (Å²) in [5.41, 5.74) is 9.82. The van der Waals surface area contributed by atoms with Gasteiger partial charge in [0.2, 0.25) is 5.13 Å². The Labute approximate surface area is 147 Å². The highest BCUT2D eigenvalue weighted by atomic mass is 32.1. The fraction of sp³-hybridized carbons (Fsp3) is 0.200. The van der Waals surface area contributed by atoms with Crippen LogP contribution in [0, 0.1) is 6.92 Å². The summed E-state index contributed by atoms with van der Waals surface area (Å²) in [6.07, 6.45) is 1.05. The molecule has 2 aromatic carbocycles. The molecule has 0 radical (unpaired) electrons. The first-order valence-corrected chi connectivity index (χ1v) is 8.96. The van der Waals surface area contributed by atoms with Crippen molar-refractivity contribution in [3.8, 4) is 11.3 Å². The molecular formula is C20H21N3S. The molecule has 0 bridgehead atoms. The molecule has 0 fully saturated rings. The van der Waals surface area contributed by atoms with Crippen LogP contribution in [0.5, 0.6) is 0 Å². The maximum Gasteiger partial charge on any atom is 0.203 e. The highest BCUT2D eigenvalue weighted by Crippen LogP contribution is 2.25. The van der Waals surface area contributed by atoms with Crippen molar-refractivity contribution in [2.45, 2.75) is 27.2 Å². The first-order chi connectivity index (χ1) is 11.7. The minimum atomic E-state index is 0.801. The molecule has 1 N–H and O–H groups in total. The maximum atomic E-state index is 4.60. The lowest BCUT2D eigenvalue weighted by Gasteiger charge is -2.03. The fourth-order valence-electron chi connectivity index (χ4n) is 2.36. The van der Waals surface area contributed by atoms with Crippen LogP contribution in [0.25, 0.3) is 11.3 Å². The van der Waals surface area contributed by atoms with Gasteiger partial charge >= 0.3 is 0 Å². The van der Waals surface area contributed by atoms with Crippen molar-refractivity contribution < 1.29 is 0 Å². The topological polar surface area (TPSA) is 37.3 Å². The molecule has 24 heavy (non-hydrogen) atoms.